The molecule has 156 valence electrons. The van der Waals surface area contributed by atoms with Crippen LogP contribution in [0.5, 0.6) is 0 Å². The molecule has 0 aromatic heterocycles. The molecule has 3 rings (SSSR count). The molecule has 0 fully saturated rings. The minimum Gasteiger partial charge on any atom is -0.389 e. The lowest BCUT2D eigenvalue weighted by atomic mass is 10.0. The lowest BCUT2D eigenvalue weighted by molar-refractivity contribution is -0.116. The number of carbonyl (C=O) groups excluding carboxylic acids is 1. The van der Waals surface area contributed by atoms with E-state index in [2.05, 4.69) is 15.4 Å². The molecule has 2 aromatic rings. The predicted octanol–water partition coefficient (Wildman–Crippen LogP) is 3.17. The van der Waals surface area contributed by atoms with Gasteiger partial charge in [0.05, 0.1) is 11.3 Å². The molecular weight excluding hydrogens is 390 g/mol. The fraction of sp³-hybridized carbons (Fsp3) is 0.381. The third kappa shape index (κ3) is 5.07. The molecule has 1 aliphatic rings. The highest BCUT2D eigenvalue weighted by atomic mass is 32.2. The first-order valence-electron chi connectivity index (χ1n) is 9.48. The third-order valence-corrected chi connectivity index (χ3v) is 6.28. The van der Waals surface area contributed by atoms with Crippen LogP contribution < -0.4 is 15.4 Å². The van der Waals surface area contributed by atoms with E-state index in [-0.39, 0.29) is 17.3 Å². The summed E-state index contributed by atoms with van der Waals surface area (Å²) in [6, 6.07) is 8.58. The van der Waals surface area contributed by atoms with Crippen molar-refractivity contribution in [2.24, 2.45) is 0 Å². The molecular formula is C21H27N3O4S. The maximum Gasteiger partial charge on any atom is 0.263 e. The van der Waals surface area contributed by atoms with Gasteiger partial charge in [-0.3, -0.25) is 9.52 Å². The second-order valence-corrected chi connectivity index (χ2v) is 9.78. The molecule has 0 saturated carbocycles. The number of aryl methyl sites for hydroxylation is 3. The summed E-state index contributed by atoms with van der Waals surface area (Å²) >= 11 is 0. The molecule has 8 heteroatoms. The first-order valence-corrected chi connectivity index (χ1v) is 11.0. The number of carbonyl (C=O) groups is 1. The van der Waals surface area contributed by atoms with Gasteiger partial charge >= 0.3 is 0 Å². The van der Waals surface area contributed by atoms with Crippen LogP contribution in [0.3, 0.4) is 0 Å². The van der Waals surface area contributed by atoms with Crippen LogP contribution in [0.2, 0.25) is 0 Å². The Kier molecular flexibility index (Phi) is 5.60. The van der Waals surface area contributed by atoms with Crippen molar-refractivity contribution in [1.82, 2.24) is 0 Å². The summed E-state index contributed by atoms with van der Waals surface area (Å²) in [5, 5.41) is 15.8. The molecule has 1 aliphatic heterocycles. The van der Waals surface area contributed by atoms with Crippen LogP contribution in [0.25, 0.3) is 0 Å². The molecule has 0 aliphatic carbocycles. The third-order valence-electron chi connectivity index (χ3n) is 4.86. The molecule has 7 nitrogen and oxygen atoms in total. The van der Waals surface area contributed by atoms with Crippen molar-refractivity contribution in [1.29, 1.82) is 0 Å². The molecule has 0 bridgehead atoms. The van der Waals surface area contributed by atoms with Gasteiger partial charge in [-0.2, -0.15) is 0 Å². The lowest BCUT2D eigenvalue weighted by Crippen LogP contribution is -2.30. The Morgan fingerprint density at radius 1 is 1.10 bits per heavy atom. The number of hydrogen-bond donors (Lipinski definition) is 4. The van der Waals surface area contributed by atoms with Crippen LogP contribution in [0, 0.1) is 13.8 Å². The normalized spacial score (nSPS) is 14.2. The van der Waals surface area contributed by atoms with Crippen LogP contribution in [-0.4, -0.2) is 31.6 Å². The summed E-state index contributed by atoms with van der Waals surface area (Å²) in [7, 11) is -3.90. The largest absolute Gasteiger partial charge is 0.389 e. The van der Waals surface area contributed by atoms with Gasteiger partial charge in [-0.15, -0.1) is 0 Å². The van der Waals surface area contributed by atoms with Gasteiger partial charge < -0.3 is 15.7 Å². The topological polar surface area (TPSA) is 108 Å². The van der Waals surface area contributed by atoms with E-state index in [1.54, 1.807) is 38.1 Å². The molecule has 4 N–H and O–H groups in total. The zero-order valence-electron chi connectivity index (χ0n) is 17.1. The molecule has 0 unspecified atom stereocenters. The average Bonchev–Trinajstić information content (AvgIpc) is 2.61. The molecule has 0 spiro atoms. The minimum atomic E-state index is -3.90. The van der Waals surface area contributed by atoms with E-state index in [0.717, 1.165) is 16.7 Å². The smallest absolute Gasteiger partial charge is 0.263 e. The van der Waals surface area contributed by atoms with E-state index in [0.29, 0.717) is 29.9 Å². The van der Waals surface area contributed by atoms with Crippen molar-refractivity contribution in [2.75, 3.05) is 21.9 Å². The Bertz CT molecular complexity index is 1060. The Morgan fingerprint density at radius 2 is 1.83 bits per heavy atom. The molecule has 1 amide bonds. The van der Waals surface area contributed by atoms with E-state index < -0.39 is 15.6 Å². The number of aliphatic hydroxyl groups is 1. The number of benzene rings is 2. The summed E-state index contributed by atoms with van der Waals surface area (Å²) in [6.45, 7) is 7.28. The fourth-order valence-electron chi connectivity index (χ4n) is 3.09. The number of fused-ring (bicyclic) bond motifs is 1. The van der Waals surface area contributed by atoms with E-state index in [4.69, 9.17) is 0 Å². The highest BCUT2D eigenvalue weighted by Crippen LogP contribution is 2.33. The standard InChI is InChI=1S/C21H27N3O4S/c1-13-5-7-16(9-14(13)2)24-29(27,28)19-10-15-6-8-20(25)23-17(15)11-18(19)22-12-21(3,4)26/h5,7,9-11,22,24,26H,6,8,12H2,1-4H3,(H,23,25). The molecule has 29 heavy (non-hydrogen) atoms. The number of amides is 1. The number of hydrogen-bond acceptors (Lipinski definition) is 5. The van der Waals surface area contributed by atoms with Gasteiger partial charge in [0.1, 0.15) is 4.90 Å². The number of sulfonamides is 1. The first-order chi connectivity index (χ1) is 13.4. The minimum absolute atomic E-state index is 0.0786. The molecule has 0 radical (unpaired) electrons. The predicted molar refractivity (Wildman–Crippen MR) is 115 cm³/mol. The summed E-state index contributed by atoms with van der Waals surface area (Å²) in [4.78, 5) is 11.8. The Hall–Kier alpha value is -2.58. The number of anilines is 3. The average molecular weight is 418 g/mol. The van der Waals surface area contributed by atoms with Gasteiger partial charge in [-0.05, 0) is 75.1 Å². The van der Waals surface area contributed by atoms with Crippen molar-refractivity contribution in [3.8, 4) is 0 Å². The number of rotatable bonds is 6. The maximum atomic E-state index is 13.2. The van der Waals surface area contributed by atoms with Gasteiger partial charge in [0.2, 0.25) is 5.91 Å². The van der Waals surface area contributed by atoms with Crippen molar-refractivity contribution in [2.45, 2.75) is 51.0 Å². The van der Waals surface area contributed by atoms with Crippen molar-refractivity contribution in [3.05, 3.63) is 47.0 Å². The van der Waals surface area contributed by atoms with Gasteiger partial charge in [0.15, 0.2) is 0 Å². The SMILES string of the molecule is Cc1ccc(NS(=O)(=O)c2cc3c(cc2NCC(C)(C)O)NC(=O)CC3)cc1C. The van der Waals surface area contributed by atoms with Gasteiger partial charge in [0.25, 0.3) is 10.0 Å². The summed E-state index contributed by atoms with van der Waals surface area (Å²) in [5.74, 6) is -0.102. The Labute approximate surface area is 171 Å². The Balaban J connectivity index is 2.02. The number of nitrogens with one attached hydrogen (secondary N) is 3. The van der Waals surface area contributed by atoms with E-state index in [9.17, 15) is 18.3 Å². The highest BCUT2D eigenvalue weighted by molar-refractivity contribution is 7.92. The lowest BCUT2D eigenvalue weighted by Gasteiger charge is -2.24. The quantitative estimate of drug-likeness (QED) is 0.577. The summed E-state index contributed by atoms with van der Waals surface area (Å²) in [5.41, 5.74) is 3.17. The second-order valence-electron chi connectivity index (χ2n) is 8.12. The molecule has 1 heterocycles. The van der Waals surface area contributed by atoms with E-state index in [1.807, 2.05) is 19.9 Å². The molecule has 0 atom stereocenters. The van der Waals surface area contributed by atoms with Crippen molar-refractivity contribution < 1.29 is 18.3 Å². The first kappa shape index (κ1) is 21.1. The van der Waals surface area contributed by atoms with Gasteiger partial charge in [-0.1, -0.05) is 6.07 Å². The van der Waals surface area contributed by atoms with Crippen LogP contribution >= 0.6 is 0 Å². The molecule has 0 saturated heterocycles. The summed E-state index contributed by atoms with van der Waals surface area (Å²) < 4.78 is 29.0. The monoisotopic (exact) mass is 417 g/mol. The zero-order chi connectivity index (χ0) is 21.4. The van der Waals surface area contributed by atoms with Gasteiger partial charge in [-0.25, -0.2) is 8.42 Å². The second kappa shape index (κ2) is 7.68. The highest BCUT2D eigenvalue weighted by Gasteiger charge is 2.25. The van der Waals surface area contributed by atoms with Crippen LogP contribution in [0.1, 0.15) is 37.0 Å². The fourth-order valence-corrected chi connectivity index (χ4v) is 4.36. The van der Waals surface area contributed by atoms with Crippen LogP contribution in [-0.2, 0) is 21.2 Å². The van der Waals surface area contributed by atoms with Crippen molar-refractivity contribution >= 4 is 33.0 Å². The van der Waals surface area contributed by atoms with Crippen LogP contribution in [0.4, 0.5) is 17.1 Å². The maximum absolute atomic E-state index is 13.2. The molecule has 2 aromatic carbocycles. The van der Waals surface area contributed by atoms with Gasteiger partial charge in [0, 0.05) is 24.3 Å². The van der Waals surface area contributed by atoms with E-state index in [1.165, 1.54) is 0 Å². The van der Waals surface area contributed by atoms with Crippen molar-refractivity contribution in [3.63, 3.8) is 0 Å². The zero-order valence-corrected chi connectivity index (χ0v) is 17.9. The van der Waals surface area contributed by atoms with E-state index >= 15 is 0 Å². The Morgan fingerprint density at radius 3 is 2.48 bits per heavy atom. The van der Waals surface area contributed by atoms with Crippen LogP contribution in [0.15, 0.2) is 35.2 Å². The summed E-state index contributed by atoms with van der Waals surface area (Å²) in [6.07, 6.45) is 0.784.